The van der Waals surface area contributed by atoms with Gasteiger partial charge in [0.2, 0.25) is 11.6 Å². The number of nitrogens with zero attached hydrogens (tertiary/aromatic N) is 1. The fourth-order valence-corrected chi connectivity index (χ4v) is 2.45. The van der Waals surface area contributed by atoms with Crippen LogP contribution in [0.25, 0.3) is 0 Å². The first-order valence-electron chi connectivity index (χ1n) is 8.26. The number of hydrazine groups is 1. The van der Waals surface area contributed by atoms with Crippen molar-refractivity contribution in [2.24, 2.45) is 11.7 Å². The Hall–Kier alpha value is -2.09. The van der Waals surface area contributed by atoms with Crippen molar-refractivity contribution in [3.05, 3.63) is 29.8 Å². The Morgan fingerprint density at radius 3 is 2.40 bits per heavy atom. The summed E-state index contributed by atoms with van der Waals surface area (Å²) in [5.74, 6) is -0.825. The van der Waals surface area contributed by atoms with Gasteiger partial charge in [0.05, 0.1) is 18.6 Å². The van der Waals surface area contributed by atoms with E-state index in [1.165, 1.54) is 17.1 Å². The molecule has 7 nitrogen and oxygen atoms in total. The maximum atomic E-state index is 12.1. The van der Waals surface area contributed by atoms with Gasteiger partial charge in [-0.15, -0.1) is 0 Å². The van der Waals surface area contributed by atoms with Gasteiger partial charge in [-0.25, -0.2) is 10.4 Å². The highest BCUT2D eigenvalue weighted by atomic mass is 16.3. The third-order valence-corrected chi connectivity index (χ3v) is 3.66. The van der Waals surface area contributed by atoms with Gasteiger partial charge in [0.1, 0.15) is 12.0 Å². The van der Waals surface area contributed by atoms with E-state index < -0.39 is 23.7 Å². The Labute approximate surface area is 148 Å². The highest BCUT2D eigenvalue weighted by Gasteiger charge is 2.24. The summed E-state index contributed by atoms with van der Waals surface area (Å²) in [7, 11) is 1.60. The van der Waals surface area contributed by atoms with Gasteiger partial charge in [-0.2, -0.15) is 0 Å². The first-order chi connectivity index (χ1) is 11.7. The van der Waals surface area contributed by atoms with Crippen LogP contribution in [0.5, 0.6) is 5.75 Å². The van der Waals surface area contributed by atoms with Crippen LogP contribution in [-0.4, -0.2) is 53.6 Å². The van der Waals surface area contributed by atoms with E-state index in [9.17, 15) is 19.5 Å². The van der Waals surface area contributed by atoms with Crippen LogP contribution in [0.1, 0.15) is 25.8 Å². The number of nitrogens with one attached hydrogen (secondary N) is 1. The lowest BCUT2D eigenvalue weighted by molar-refractivity contribution is -0.138. The number of carbonyl (C=O) groups is 3. The number of nitrogens with two attached hydrogens (primary N) is 1. The summed E-state index contributed by atoms with van der Waals surface area (Å²) < 4.78 is 0. The molecular weight excluding hydrogens is 322 g/mol. The molecule has 0 unspecified atom stereocenters. The zero-order chi connectivity index (χ0) is 19.0. The van der Waals surface area contributed by atoms with E-state index >= 15 is 0 Å². The van der Waals surface area contributed by atoms with Crippen molar-refractivity contribution in [3.63, 3.8) is 0 Å². The number of aromatic hydroxyl groups is 1. The van der Waals surface area contributed by atoms with Gasteiger partial charge in [0, 0.05) is 7.05 Å². The number of rotatable bonds is 11. The van der Waals surface area contributed by atoms with Crippen LogP contribution >= 0.6 is 0 Å². The van der Waals surface area contributed by atoms with E-state index in [0.29, 0.717) is 12.3 Å². The van der Waals surface area contributed by atoms with E-state index in [4.69, 9.17) is 5.73 Å². The van der Waals surface area contributed by atoms with E-state index in [1.807, 2.05) is 13.8 Å². The molecule has 0 aliphatic heterocycles. The molecule has 0 saturated heterocycles. The van der Waals surface area contributed by atoms with Crippen molar-refractivity contribution < 1.29 is 19.5 Å². The SMILES string of the molecule is CC(C)C[C@@H](C=O)NN(C)CC(=O)C(=O)[C@@H](N)Cc1ccc(O)cc1. The van der Waals surface area contributed by atoms with Crippen molar-refractivity contribution >= 4 is 17.9 Å². The van der Waals surface area contributed by atoms with Crippen LogP contribution in [0.3, 0.4) is 0 Å². The molecule has 0 heterocycles. The number of aldehydes is 1. The molecule has 0 aromatic heterocycles. The Bertz CT molecular complexity index is 586. The Morgan fingerprint density at radius 1 is 1.28 bits per heavy atom. The molecule has 25 heavy (non-hydrogen) atoms. The van der Waals surface area contributed by atoms with Crippen molar-refractivity contribution in [3.8, 4) is 5.75 Å². The summed E-state index contributed by atoms with van der Waals surface area (Å²) in [6.07, 6.45) is 1.64. The molecular formula is C18H27N3O4. The van der Waals surface area contributed by atoms with Crippen molar-refractivity contribution in [1.82, 2.24) is 10.4 Å². The second-order valence-electron chi connectivity index (χ2n) is 6.62. The summed E-state index contributed by atoms with van der Waals surface area (Å²) in [6, 6.07) is 4.96. The molecule has 0 aliphatic carbocycles. The van der Waals surface area contributed by atoms with E-state index in [1.54, 1.807) is 19.2 Å². The molecule has 1 rings (SSSR count). The lowest BCUT2D eigenvalue weighted by Gasteiger charge is -2.23. The zero-order valence-corrected chi connectivity index (χ0v) is 14.9. The van der Waals surface area contributed by atoms with E-state index in [-0.39, 0.29) is 18.7 Å². The van der Waals surface area contributed by atoms with Gasteiger partial charge >= 0.3 is 0 Å². The second-order valence-corrected chi connectivity index (χ2v) is 6.62. The largest absolute Gasteiger partial charge is 0.508 e. The lowest BCUT2D eigenvalue weighted by atomic mass is 10.0. The van der Waals surface area contributed by atoms with Crippen molar-refractivity contribution in [2.75, 3.05) is 13.6 Å². The Morgan fingerprint density at radius 2 is 1.88 bits per heavy atom. The number of hydrogen-bond donors (Lipinski definition) is 3. The predicted octanol–water partition coefficient (Wildman–Crippen LogP) is 0.450. The molecule has 0 amide bonds. The first-order valence-corrected chi connectivity index (χ1v) is 8.26. The second kappa shape index (κ2) is 10.0. The molecule has 4 N–H and O–H groups in total. The molecule has 7 heteroatoms. The molecule has 0 fully saturated rings. The molecule has 0 radical (unpaired) electrons. The number of hydrogen-bond acceptors (Lipinski definition) is 7. The predicted molar refractivity (Wildman–Crippen MR) is 94.9 cm³/mol. The zero-order valence-electron chi connectivity index (χ0n) is 14.9. The lowest BCUT2D eigenvalue weighted by Crippen LogP contribution is -2.49. The first kappa shape index (κ1) is 21.0. The Kier molecular flexibility index (Phi) is 8.40. The van der Waals surface area contributed by atoms with Crippen molar-refractivity contribution in [2.45, 2.75) is 38.8 Å². The van der Waals surface area contributed by atoms with Crippen molar-refractivity contribution in [1.29, 1.82) is 0 Å². The topological polar surface area (TPSA) is 113 Å². The summed E-state index contributed by atoms with van der Waals surface area (Å²) in [5.41, 5.74) is 9.49. The van der Waals surface area contributed by atoms with Crippen LogP contribution < -0.4 is 11.2 Å². The third kappa shape index (κ3) is 7.55. The van der Waals surface area contributed by atoms with Crippen LogP contribution in [-0.2, 0) is 20.8 Å². The number of phenols is 1. The van der Waals surface area contributed by atoms with E-state index in [0.717, 1.165) is 11.8 Å². The number of Topliss-reactive ketones (excluding diaryl/α,β-unsaturated/α-hetero) is 2. The number of benzene rings is 1. The van der Waals surface area contributed by atoms with Gasteiger partial charge < -0.3 is 15.6 Å². The highest BCUT2D eigenvalue weighted by Crippen LogP contribution is 2.11. The number of carbonyl (C=O) groups excluding carboxylic acids is 3. The third-order valence-electron chi connectivity index (χ3n) is 3.66. The summed E-state index contributed by atoms with van der Waals surface area (Å²) in [4.78, 5) is 35.3. The molecule has 0 spiro atoms. The highest BCUT2D eigenvalue weighted by molar-refractivity contribution is 6.39. The van der Waals surface area contributed by atoms with E-state index in [2.05, 4.69) is 5.43 Å². The van der Waals surface area contributed by atoms with Gasteiger partial charge in [0.25, 0.3) is 0 Å². The molecule has 1 aromatic carbocycles. The molecule has 138 valence electrons. The van der Waals surface area contributed by atoms with Gasteiger partial charge in [-0.3, -0.25) is 9.59 Å². The summed E-state index contributed by atoms with van der Waals surface area (Å²) in [6.45, 7) is 3.83. The average Bonchev–Trinajstić information content (AvgIpc) is 2.54. The Balaban J connectivity index is 2.52. The fraction of sp³-hybridized carbons (Fsp3) is 0.500. The molecule has 0 bridgehead atoms. The average molecular weight is 349 g/mol. The maximum Gasteiger partial charge on any atom is 0.216 e. The normalized spacial score (nSPS) is 13.7. The minimum atomic E-state index is -0.942. The summed E-state index contributed by atoms with van der Waals surface area (Å²) in [5, 5.41) is 10.7. The van der Waals surface area contributed by atoms with Gasteiger partial charge in [-0.1, -0.05) is 26.0 Å². The minimum absolute atomic E-state index is 0.124. The molecule has 0 saturated carbocycles. The monoisotopic (exact) mass is 349 g/mol. The number of ketones is 2. The smallest absolute Gasteiger partial charge is 0.216 e. The minimum Gasteiger partial charge on any atom is -0.508 e. The van der Waals surface area contributed by atoms with Gasteiger partial charge in [-0.05, 0) is 36.5 Å². The molecule has 1 aromatic rings. The van der Waals surface area contributed by atoms with Crippen LogP contribution in [0.15, 0.2) is 24.3 Å². The quantitative estimate of drug-likeness (QED) is 0.302. The molecule has 0 aliphatic rings. The number of phenolic OH excluding ortho intramolecular Hbond substituents is 1. The van der Waals surface area contributed by atoms with Crippen LogP contribution in [0.4, 0.5) is 0 Å². The van der Waals surface area contributed by atoms with Crippen LogP contribution in [0, 0.1) is 5.92 Å². The maximum absolute atomic E-state index is 12.1. The fourth-order valence-electron chi connectivity index (χ4n) is 2.45. The summed E-state index contributed by atoms with van der Waals surface area (Å²) >= 11 is 0. The van der Waals surface area contributed by atoms with Crippen LogP contribution in [0.2, 0.25) is 0 Å². The van der Waals surface area contributed by atoms with Gasteiger partial charge in [0.15, 0.2) is 0 Å². The molecule has 2 atom stereocenters. The standard InChI is InChI=1S/C18H27N3O4/c1-12(2)8-14(11-22)20-21(3)10-17(24)18(25)16(19)9-13-4-6-15(23)7-5-13/h4-7,11-12,14,16,20,23H,8-10,19H2,1-3H3/t14-,16-/m0/s1. The number of likely N-dealkylation sites (N-methyl/N-ethyl adjacent to an activating group) is 1.